The van der Waals surface area contributed by atoms with Crippen LogP contribution in [0.4, 0.5) is 5.69 Å². The molecule has 2 heterocycles. The molecule has 3 aromatic rings. The minimum Gasteiger partial charge on any atom is -0.339 e. The first-order valence-electron chi connectivity index (χ1n) is 9.90. The molecule has 3 N–H and O–H groups in total. The molecule has 2 aromatic carbocycles. The molecule has 30 heavy (non-hydrogen) atoms. The van der Waals surface area contributed by atoms with Crippen LogP contribution in [0.2, 0.25) is 0 Å². The molecule has 1 aromatic heterocycles. The van der Waals surface area contributed by atoms with E-state index in [1.165, 1.54) is 6.21 Å². The summed E-state index contributed by atoms with van der Waals surface area (Å²) in [6.07, 6.45) is 3.58. The van der Waals surface area contributed by atoms with Crippen molar-refractivity contribution in [3.63, 3.8) is 0 Å². The highest BCUT2D eigenvalue weighted by atomic mass is 16.2. The van der Waals surface area contributed by atoms with Gasteiger partial charge in [-0.2, -0.15) is 5.10 Å². The van der Waals surface area contributed by atoms with Crippen LogP contribution in [0.5, 0.6) is 0 Å². The van der Waals surface area contributed by atoms with Crippen LogP contribution < -0.4 is 11.4 Å². The maximum absolute atomic E-state index is 12.5. The van der Waals surface area contributed by atoms with E-state index in [-0.39, 0.29) is 17.2 Å². The zero-order valence-electron chi connectivity index (χ0n) is 16.8. The number of aromatic amines is 1. The number of pyridine rings is 1. The van der Waals surface area contributed by atoms with Crippen molar-refractivity contribution < 1.29 is 4.79 Å². The summed E-state index contributed by atoms with van der Waals surface area (Å²) < 4.78 is 0. The van der Waals surface area contributed by atoms with E-state index in [0.29, 0.717) is 16.8 Å². The molecule has 152 valence electrons. The Bertz CT molecular complexity index is 1200. The maximum Gasteiger partial charge on any atom is 0.258 e. The number of fused-ring (bicyclic) bond motifs is 1. The van der Waals surface area contributed by atoms with E-state index in [2.05, 4.69) is 15.1 Å². The molecule has 0 saturated carbocycles. The monoisotopic (exact) mass is 401 g/mol. The van der Waals surface area contributed by atoms with Crippen molar-refractivity contribution >= 4 is 34.4 Å². The van der Waals surface area contributed by atoms with Crippen LogP contribution in [0.3, 0.4) is 0 Å². The number of nitrogens with one attached hydrogen (secondary N) is 1. The second-order valence-corrected chi connectivity index (χ2v) is 7.42. The van der Waals surface area contributed by atoms with Crippen LogP contribution in [0.15, 0.2) is 63.4 Å². The van der Waals surface area contributed by atoms with E-state index >= 15 is 0 Å². The first-order chi connectivity index (χ1) is 14.5. The Morgan fingerprint density at radius 2 is 1.83 bits per heavy atom. The molecule has 0 aliphatic carbocycles. The Morgan fingerprint density at radius 1 is 1.10 bits per heavy atom. The van der Waals surface area contributed by atoms with Crippen molar-refractivity contribution in [3.05, 3.63) is 75.6 Å². The van der Waals surface area contributed by atoms with Gasteiger partial charge in [-0.1, -0.05) is 11.6 Å². The third-order valence-electron chi connectivity index (χ3n) is 5.26. The van der Waals surface area contributed by atoms with Crippen LogP contribution >= 0.6 is 0 Å². The number of aromatic nitrogens is 1. The fourth-order valence-electron chi connectivity index (χ4n) is 3.62. The number of aliphatic imine (C=N–C) groups is 1. The van der Waals surface area contributed by atoms with E-state index in [4.69, 9.17) is 5.84 Å². The number of aryl methyl sites for hydroxylation is 1. The highest BCUT2D eigenvalue weighted by Crippen LogP contribution is 2.17. The van der Waals surface area contributed by atoms with Crippen LogP contribution in [0.25, 0.3) is 10.9 Å². The number of carbonyl (C=O) groups excluding carboxylic acids is 1. The number of carbonyl (C=O) groups is 1. The molecule has 1 saturated heterocycles. The van der Waals surface area contributed by atoms with Crippen LogP contribution in [-0.4, -0.2) is 40.8 Å². The third kappa shape index (κ3) is 4.00. The van der Waals surface area contributed by atoms with Gasteiger partial charge in [0, 0.05) is 24.2 Å². The summed E-state index contributed by atoms with van der Waals surface area (Å²) in [5, 5.41) is 4.64. The molecule has 1 amide bonds. The summed E-state index contributed by atoms with van der Waals surface area (Å²) in [7, 11) is 0. The van der Waals surface area contributed by atoms with Crippen LogP contribution in [-0.2, 0) is 0 Å². The summed E-state index contributed by atoms with van der Waals surface area (Å²) in [6.45, 7) is 3.62. The number of hydrogen-bond donors (Lipinski definition) is 2. The Balaban J connectivity index is 1.56. The van der Waals surface area contributed by atoms with Gasteiger partial charge in [-0.3, -0.25) is 14.6 Å². The molecule has 0 radical (unpaired) electrons. The van der Waals surface area contributed by atoms with E-state index in [1.807, 2.05) is 30.0 Å². The Hall–Kier alpha value is -3.74. The molecule has 7 heteroatoms. The summed E-state index contributed by atoms with van der Waals surface area (Å²) in [4.78, 5) is 34.0. The van der Waals surface area contributed by atoms with Gasteiger partial charge in [-0.15, -0.1) is 0 Å². The van der Waals surface area contributed by atoms with Crippen molar-refractivity contribution in [3.8, 4) is 0 Å². The number of hydrogen-bond acceptors (Lipinski definition) is 5. The van der Waals surface area contributed by atoms with Gasteiger partial charge in [0.2, 0.25) is 0 Å². The van der Waals surface area contributed by atoms with Crippen LogP contribution in [0.1, 0.15) is 34.3 Å². The molecule has 1 fully saturated rings. The lowest BCUT2D eigenvalue weighted by atomic mass is 10.1. The van der Waals surface area contributed by atoms with E-state index in [9.17, 15) is 9.59 Å². The fourth-order valence-corrected chi connectivity index (χ4v) is 3.62. The molecule has 1 aliphatic heterocycles. The van der Waals surface area contributed by atoms with Gasteiger partial charge < -0.3 is 15.7 Å². The van der Waals surface area contributed by atoms with Crippen molar-refractivity contribution in [2.75, 3.05) is 13.1 Å². The molecule has 0 atom stereocenters. The number of nitrogens with two attached hydrogens (primary N) is 1. The fraction of sp³-hybridized carbons (Fsp3) is 0.217. The summed E-state index contributed by atoms with van der Waals surface area (Å²) >= 11 is 0. The van der Waals surface area contributed by atoms with Gasteiger partial charge in [-0.05, 0) is 67.6 Å². The number of benzene rings is 2. The molecule has 1 aliphatic rings. The molecule has 0 bridgehead atoms. The normalized spacial score (nSPS) is 14.7. The minimum atomic E-state index is -0.284. The first kappa shape index (κ1) is 19.6. The number of amides is 1. The van der Waals surface area contributed by atoms with Gasteiger partial charge in [0.1, 0.15) is 5.71 Å². The zero-order valence-corrected chi connectivity index (χ0v) is 16.8. The number of nitrogens with zero attached hydrogens (tertiary/aromatic N) is 3. The SMILES string of the molecule is Cc1ccc2[nH]c(=O)c(C(C=Nc3ccc(C(=O)N4CCCC4)cc3)=NN)cc2c1. The smallest absolute Gasteiger partial charge is 0.258 e. The Labute approximate surface area is 173 Å². The highest BCUT2D eigenvalue weighted by Gasteiger charge is 2.19. The first-order valence-corrected chi connectivity index (χ1v) is 9.90. The molecule has 0 spiro atoms. The lowest BCUT2D eigenvalue weighted by Crippen LogP contribution is -2.27. The van der Waals surface area contributed by atoms with Gasteiger partial charge in [0.05, 0.1) is 17.5 Å². The van der Waals surface area contributed by atoms with E-state index < -0.39 is 0 Å². The van der Waals surface area contributed by atoms with Crippen molar-refractivity contribution in [2.45, 2.75) is 19.8 Å². The second kappa shape index (κ2) is 8.32. The topological polar surface area (TPSA) is 104 Å². The predicted molar refractivity (Wildman–Crippen MR) is 120 cm³/mol. The molecular formula is C23H23N5O2. The Kier molecular flexibility index (Phi) is 5.43. The summed E-state index contributed by atoms with van der Waals surface area (Å²) in [5.41, 5.74) is 3.46. The second-order valence-electron chi connectivity index (χ2n) is 7.42. The average Bonchev–Trinajstić information content (AvgIpc) is 3.29. The third-order valence-corrected chi connectivity index (χ3v) is 5.26. The number of likely N-dealkylation sites (tertiary alicyclic amines) is 1. The van der Waals surface area contributed by atoms with Gasteiger partial charge in [0.25, 0.3) is 11.5 Å². The largest absolute Gasteiger partial charge is 0.339 e. The van der Waals surface area contributed by atoms with Crippen molar-refractivity contribution in [2.24, 2.45) is 15.9 Å². The van der Waals surface area contributed by atoms with Crippen molar-refractivity contribution in [1.82, 2.24) is 9.88 Å². The van der Waals surface area contributed by atoms with Gasteiger partial charge >= 0.3 is 0 Å². The van der Waals surface area contributed by atoms with Gasteiger partial charge in [-0.25, -0.2) is 0 Å². The highest BCUT2D eigenvalue weighted by molar-refractivity contribution is 6.38. The van der Waals surface area contributed by atoms with Crippen molar-refractivity contribution in [1.29, 1.82) is 0 Å². The molecule has 4 rings (SSSR count). The zero-order chi connectivity index (χ0) is 21.1. The average molecular weight is 401 g/mol. The molecule has 7 nitrogen and oxygen atoms in total. The predicted octanol–water partition coefficient (Wildman–Crippen LogP) is 3.14. The standard InChI is InChI=1S/C23H23N5O2/c1-15-4-9-20-17(12-15)13-19(22(29)26-20)21(27-24)14-25-18-7-5-16(6-8-18)23(30)28-10-2-3-11-28/h4-9,12-14H,2-3,10-11,24H2,1H3,(H,26,29). The molecule has 0 unspecified atom stereocenters. The van der Waals surface area contributed by atoms with Gasteiger partial charge in [0.15, 0.2) is 0 Å². The number of hydrazone groups is 1. The quantitative estimate of drug-likeness (QED) is 0.399. The lowest BCUT2D eigenvalue weighted by Gasteiger charge is -2.14. The number of H-pyrrole nitrogens is 1. The maximum atomic E-state index is 12.5. The Morgan fingerprint density at radius 3 is 2.53 bits per heavy atom. The summed E-state index contributed by atoms with van der Waals surface area (Å²) in [6, 6.07) is 14.6. The van der Waals surface area contributed by atoms with Crippen LogP contribution in [0, 0.1) is 6.92 Å². The lowest BCUT2D eigenvalue weighted by molar-refractivity contribution is 0.0793. The minimum absolute atomic E-state index is 0.0465. The summed E-state index contributed by atoms with van der Waals surface area (Å²) in [5.74, 6) is 5.59. The van der Waals surface area contributed by atoms with E-state index in [1.54, 1.807) is 30.3 Å². The molecular weight excluding hydrogens is 378 g/mol. The number of rotatable bonds is 4. The van der Waals surface area contributed by atoms with E-state index in [0.717, 1.165) is 42.4 Å².